The van der Waals surface area contributed by atoms with Crippen molar-refractivity contribution in [1.82, 2.24) is 0 Å². The van der Waals surface area contributed by atoms with Gasteiger partial charge in [-0.15, -0.1) is 6.58 Å². The van der Waals surface area contributed by atoms with E-state index < -0.39 is 222 Å². The van der Waals surface area contributed by atoms with Crippen LogP contribution in [0.5, 0.6) is 0 Å². The minimum atomic E-state index is -4.90. The summed E-state index contributed by atoms with van der Waals surface area (Å²) in [6, 6.07) is 0. The molecule has 6 aromatic carbocycles. The maximum absolute atomic E-state index is 14.4. The summed E-state index contributed by atoms with van der Waals surface area (Å²) in [5.41, 5.74) is 0. The fraction of sp³-hybridized carbons (Fsp3) is 0.0256. The first kappa shape index (κ1) is 60.8. The van der Waals surface area contributed by atoms with E-state index in [9.17, 15) is 132 Å². The van der Waals surface area contributed by atoms with Gasteiger partial charge in [-0.1, -0.05) is 6.08 Å². The molecular weight excluding hydrogens is 1210 g/mol. The zero-order chi connectivity index (χ0) is 54.6. The maximum Gasteiger partial charge on any atom is 0.200 e. The van der Waals surface area contributed by atoms with Crippen molar-refractivity contribution in [2.45, 2.75) is 6.92 Å². The molecule has 392 valence electrons. The van der Waals surface area contributed by atoms with Gasteiger partial charge in [-0.2, -0.15) is 0 Å². The fourth-order valence-corrected chi connectivity index (χ4v) is 10.3. The molecule has 6 rings (SSSR count). The normalized spacial score (nSPS) is 11.2. The van der Waals surface area contributed by atoms with Gasteiger partial charge in [0.2, 0.25) is 34.9 Å². The Labute approximate surface area is 393 Å². The Bertz CT molecular complexity index is 2500. The third-order valence-electron chi connectivity index (χ3n) is 8.46. The van der Waals surface area contributed by atoms with E-state index in [1.54, 1.807) is 6.08 Å². The molecule has 0 aromatic heterocycles. The largest absolute Gasteiger partial charge is 0.203 e. The molecule has 6 aromatic rings. The Kier molecular flexibility index (Phi) is 19.2. The second-order valence-electron chi connectivity index (χ2n) is 12.6. The summed E-state index contributed by atoms with van der Waals surface area (Å²) in [5.74, 6) is -89.8. The average molecular weight is 1210 g/mol. The Morgan fingerprint density at radius 1 is 0.194 bits per heavy atom. The van der Waals surface area contributed by atoms with Crippen molar-refractivity contribution < 1.29 is 152 Å². The summed E-state index contributed by atoms with van der Waals surface area (Å²) in [6.07, 6.45) is 1.75. The molecular formula is C39H6F30P2Pd. The number of rotatable bonds is 6. The van der Waals surface area contributed by atoms with Crippen LogP contribution in [0.15, 0.2) is 12.7 Å². The van der Waals surface area contributed by atoms with Gasteiger partial charge in [-0.05, 0) is 6.92 Å². The van der Waals surface area contributed by atoms with Gasteiger partial charge in [0.05, 0.1) is 31.8 Å². The summed E-state index contributed by atoms with van der Waals surface area (Å²) in [5, 5.41) is -15.7. The minimum absolute atomic E-state index is 0. The van der Waals surface area contributed by atoms with Crippen LogP contribution in [0, 0.1) is 175 Å². The Hall–Kier alpha value is -5.52. The summed E-state index contributed by atoms with van der Waals surface area (Å²) >= 11 is 0. The monoisotopic (exact) mass is 1210 g/mol. The summed E-state index contributed by atoms with van der Waals surface area (Å²) < 4.78 is 417. The standard InChI is InChI=1S/2C18F15P.C3H6.Pd/c2*19-1-4(22)10(28)16(11(29)5(1)23)34(17-12(30)6(24)2(20)7(25)13(17)31)18-14(32)8(26)3(21)9(27)15(18)33;1-3-2;/h;;3H,1H2,2H3;. The van der Waals surface area contributed by atoms with E-state index in [2.05, 4.69) is 6.58 Å². The molecule has 33 heteroatoms. The van der Waals surface area contributed by atoms with Crippen LogP contribution in [0.3, 0.4) is 0 Å². The van der Waals surface area contributed by atoms with E-state index in [1.165, 1.54) is 0 Å². The van der Waals surface area contributed by atoms with E-state index in [0.29, 0.717) is 0 Å². The molecule has 0 radical (unpaired) electrons. The van der Waals surface area contributed by atoms with Crippen molar-refractivity contribution in [3.05, 3.63) is 187 Å². The first-order valence-electron chi connectivity index (χ1n) is 17.0. The molecule has 0 aliphatic rings. The molecule has 0 heterocycles. The van der Waals surface area contributed by atoms with E-state index in [-0.39, 0.29) is 20.4 Å². The third kappa shape index (κ3) is 9.84. The summed E-state index contributed by atoms with van der Waals surface area (Å²) in [4.78, 5) is 0. The van der Waals surface area contributed by atoms with Gasteiger partial charge in [0.1, 0.15) is 0 Å². The Morgan fingerprint density at radius 2 is 0.250 bits per heavy atom. The predicted octanol–water partition coefficient (Wildman–Crippen LogP) is 12.3. The van der Waals surface area contributed by atoms with Gasteiger partial charge in [0.15, 0.2) is 140 Å². The molecule has 0 saturated carbocycles. The number of hydrogen-bond donors (Lipinski definition) is 0. The topological polar surface area (TPSA) is 0 Å². The van der Waals surface area contributed by atoms with Crippen LogP contribution in [-0.4, -0.2) is 0 Å². The van der Waals surface area contributed by atoms with Crippen molar-refractivity contribution in [3.63, 3.8) is 0 Å². The van der Waals surface area contributed by atoms with Crippen molar-refractivity contribution >= 4 is 47.7 Å². The molecule has 0 unspecified atom stereocenters. The van der Waals surface area contributed by atoms with E-state index in [0.717, 1.165) is 0 Å². The van der Waals surface area contributed by atoms with Crippen LogP contribution in [0.4, 0.5) is 132 Å². The second kappa shape index (κ2) is 22.7. The van der Waals surface area contributed by atoms with Gasteiger partial charge in [0.25, 0.3) is 0 Å². The van der Waals surface area contributed by atoms with E-state index >= 15 is 0 Å². The van der Waals surface area contributed by atoms with Crippen LogP contribution < -0.4 is 31.8 Å². The van der Waals surface area contributed by atoms with Gasteiger partial charge in [-0.3, -0.25) is 0 Å². The number of benzene rings is 6. The van der Waals surface area contributed by atoms with Gasteiger partial charge < -0.3 is 0 Å². The fourth-order valence-electron chi connectivity index (χ4n) is 5.41. The number of hydrogen-bond acceptors (Lipinski definition) is 0. The molecule has 0 atom stereocenters. The van der Waals surface area contributed by atoms with E-state index in [1.807, 2.05) is 6.92 Å². The molecule has 0 nitrogen and oxygen atoms in total. The minimum Gasteiger partial charge on any atom is -0.203 e. The SMILES string of the molecule is C=CC.Fc1c(F)c(F)c(P(c2c(F)c(F)c(F)c(F)c2F)c2c(F)c(F)c(F)c(F)c2F)c(F)c1F.Fc1c(F)c(F)c(P(c2c(F)c(F)c(F)c(F)c2F)c2c(F)c(F)c(F)c(F)c2F)c(F)c1F.[Pd]. The molecule has 0 bridgehead atoms. The van der Waals surface area contributed by atoms with Crippen LogP contribution in [0.25, 0.3) is 0 Å². The smallest absolute Gasteiger partial charge is 0.200 e. The molecule has 0 saturated heterocycles. The summed E-state index contributed by atoms with van der Waals surface area (Å²) in [6.45, 7) is 5.25. The quantitative estimate of drug-likeness (QED) is 0.0389. The average Bonchev–Trinajstić information content (AvgIpc) is 3.34. The zero-order valence-corrected chi connectivity index (χ0v) is 36.2. The van der Waals surface area contributed by atoms with Crippen LogP contribution in [0.1, 0.15) is 6.92 Å². The van der Waals surface area contributed by atoms with Crippen molar-refractivity contribution in [3.8, 4) is 0 Å². The number of allylic oxidation sites excluding steroid dienone is 1. The van der Waals surface area contributed by atoms with Crippen LogP contribution in [-0.2, 0) is 20.4 Å². The van der Waals surface area contributed by atoms with Gasteiger partial charge in [0, 0.05) is 36.3 Å². The molecule has 0 amide bonds. The van der Waals surface area contributed by atoms with Crippen molar-refractivity contribution in [2.75, 3.05) is 0 Å². The maximum atomic E-state index is 14.4. The summed E-state index contributed by atoms with van der Waals surface area (Å²) in [7, 11) is -9.79. The van der Waals surface area contributed by atoms with E-state index in [4.69, 9.17) is 0 Å². The first-order chi connectivity index (χ1) is 32.7. The Morgan fingerprint density at radius 3 is 0.319 bits per heavy atom. The Balaban J connectivity index is 0.000000356. The predicted molar refractivity (Wildman–Crippen MR) is 185 cm³/mol. The molecule has 0 spiro atoms. The molecule has 0 N–H and O–H groups in total. The van der Waals surface area contributed by atoms with Crippen molar-refractivity contribution in [2.24, 2.45) is 0 Å². The molecule has 0 aliphatic carbocycles. The molecule has 0 fully saturated rings. The third-order valence-corrected chi connectivity index (χ3v) is 13.5. The second-order valence-corrected chi connectivity index (χ2v) is 16.6. The van der Waals surface area contributed by atoms with Gasteiger partial charge in [-0.25, -0.2) is 132 Å². The first-order valence-corrected chi connectivity index (χ1v) is 19.7. The van der Waals surface area contributed by atoms with Crippen LogP contribution in [0.2, 0.25) is 0 Å². The molecule has 72 heavy (non-hydrogen) atoms. The zero-order valence-electron chi connectivity index (χ0n) is 32.8. The van der Waals surface area contributed by atoms with Crippen LogP contribution >= 0.6 is 15.8 Å². The van der Waals surface area contributed by atoms with Gasteiger partial charge >= 0.3 is 0 Å². The molecule has 0 aliphatic heterocycles. The number of halogens is 30. The van der Waals surface area contributed by atoms with Crippen molar-refractivity contribution in [1.29, 1.82) is 0 Å².